The summed E-state index contributed by atoms with van der Waals surface area (Å²) in [6, 6.07) is 16.2. The van der Waals surface area contributed by atoms with Crippen LogP contribution in [-0.2, 0) is 4.57 Å². The summed E-state index contributed by atoms with van der Waals surface area (Å²) in [4.78, 5) is 0. The summed E-state index contributed by atoms with van der Waals surface area (Å²) in [5.74, 6) is 0. The Kier molecular flexibility index (Phi) is 2.34. The highest BCUT2D eigenvalue weighted by atomic mass is 31.2. The number of hydrogen-bond acceptors (Lipinski definition) is 1. The molecule has 0 N–H and O–H groups in total. The predicted octanol–water partition coefficient (Wildman–Crippen LogP) is 3.78. The molecule has 0 spiro atoms. The number of rotatable bonds is 0. The molecule has 0 amide bonds. The van der Waals surface area contributed by atoms with Crippen LogP contribution in [0.5, 0.6) is 0 Å². The highest BCUT2D eigenvalue weighted by Crippen LogP contribution is 2.61. The molecule has 0 bridgehead atoms. The molecule has 0 fully saturated rings. The summed E-state index contributed by atoms with van der Waals surface area (Å²) in [7, 11) is -2.53. The number of hydrogen-bond donors (Lipinski definition) is 0. The summed E-state index contributed by atoms with van der Waals surface area (Å²) < 4.78 is 13.7. The van der Waals surface area contributed by atoms with Gasteiger partial charge in [0, 0.05) is 15.8 Å². The molecule has 2 heteroatoms. The second kappa shape index (κ2) is 3.59. The van der Waals surface area contributed by atoms with Crippen LogP contribution >= 0.6 is 7.14 Å². The van der Waals surface area contributed by atoms with Crippen molar-refractivity contribution in [2.75, 3.05) is 0 Å². The molecule has 2 aromatic rings. The molecule has 2 aromatic carbocycles. The highest BCUT2D eigenvalue weighted by molar-refractivity contribution is 7.81. The molecule has 0 radical (unpaired) electrons. The van der Waals surface area contributed by atoms with E-state index in [1.807, 2.05) is 36.4 Å². The van der Waals surface area contributed by atoms with Gasteiger partial charge in [-0.05, 0) is 11.1 Å². The van der Waals surface area contributed by atoms with Gasteiger partial charge in [-0.1, -0.05) is 69.3 Å². The minimum atomic E-state index is -2.53. The van der Waals surface area contributed by atoms with Gasteiger partial charge in [0.15, 0.2) is 0 Å². The third-order valence-electron chi connectivity index (χ3n) is 3.72. The Labute approximate surface area is 108 Å². The maximum Gasteiger partial charge on any atom is 0.149 e. The second-order valence-corrected chi connectivity index (χ2v) is 9.34. The van der Waals surface area contributed by atoms with Gasteiger partial charge in [-0.3, -0.25) is 0 Å². The zero-order valence-corrected chi connectivity index (χ0v) is 11.9. The zero-order chi connectivity index (χ0) is 13.0. The molecular formula is C16H17OP. The van der Waals surface area contributed by atoms with Crippen LogP contribution in [0.3, 0.4) is 0 Å². The van der Waals surface area contributed by atoms with Gasteiger partial charge in [0.25, 0.3) is 0 Å². The van der Waals surface area contributed by atoms with Gasteiger partial charge in [-0.25, -0.2) is 0 Å². The van der Waals surface area contributed by atoms with E-state index in [1.54, 1.807) is 0 Å². The zero-order valence-electron chi connectivity index (χ0n) is 11.0. The third-order valence-corrected chi connectivity index (χ3v) is 7.75. The van der Waals surface area contributed by atoms with Crippen LogP contribution in [0.2, 0.25) is 0 Å². The van der Waals surface area contributed by atoms with Crippen molar-refractivity contribution >= 4 is 17.8 Å². The summed E-state index contributed by atoms with van der Waals surface area (Å²) >= 11 is 0. The van der Waals surface area contributed by atoms with Crippen LogP contribution in [0, 0.1) is 0 Å². The van der Waals surface area contributed by atoms with Crippen LogP contribution in [0.15, 0.2) is 48.5 Å². The molecule has 0 aliphatic carbocycles. The molecule has 0 aromatic heterocycles. The molecule has 1 aliphatic heterocycles. The Bertz CT molecular complexity index is 615. The molecule has 18 heavy (non-hydrogen) atoms. The SMILES string of the molecule is CC(C)(C)P1(=O)c2ccccc2-c2ccccc21. The number of fused-ring (bicyclic) bond motifs is 3. The first kappa shape index (κ1) is 11.7. The van der Waals surface area contributed by atoms with Gasteiger partial charge in [0.05, 0.1) is 0 Å². The molecule has 0 saturated heterocycles. The van der Waals surface area contributed by atoms with Crippen molar-refractivity contribution in [1.29, 1.82) is 0 Å². The number of benzene rings is 2. The molecule has 0 unspecified atom stereocenters. The fraction of sp³-hybridized carbons (Fsp3) is 0.250. The van der Waals surface area contributed by atoms with Crippen LogP contribution in [0.4, 0.5) is 0 Å². The molecular weight excluding hydrogens is 239 g/mol. The van der Waals surface area contributed by atoms with E-state index < -0.39 is 7.14 Å². The van der Waals surface area contributed by atoms with Crippen molar-refractivity contribution in [1.82, 2.24) is 0 Å². The summed E-state index contributed by atoms with van der Waals surface area (Å²) in [6.45, 7) is 6.23. The largest absolute Gasteiger partial charge is 0.313 e. The maximum absolute atomic E-state index is 13.7. The molecule has 1 aliphatic rings. The van der Waals surface area contributed by atoms with Crippen LogP contribution in [0.1, 0.15) is 20.8 Å². The van der Waals surface area contributed by atoms with Gasteiger partial charge in [-0.2, -0.15) is 0 Å². The van der Waals surface area contributed by atoms with Gasteiger partial charge in [-0.15, -0.1) is 0 Å². The smallest absolute Gasteiger partial charge is 0.149 e. The highest BCUT2D eigenvalue weighted by Gasteiger charge is 2.46. The Morgan fingerprint density at radius 1 is 0.778 bits per heavy atom. The lowest BCUT2D eigenvalue weighted by Crippen LogP contribution is -2.27. The van der Waals surface area contributed by atoms with E-state index in [0.717, 1.165) is 21.7 Å². The Balaban J connectivity index is 2.46. The fourth-order valence-electron chi connectivity index (χ4n) is 2.80. The van der Waals surface area contributed by atoms with Gasteiger partial charge < -0.3 is 4.57 Å². The van der Waals surface area contributed by atoms with Crippen molar-refractivity contribution in [3.8, 4) is 11.1 Å². The van der Waals surface area contributed by atoms with E-state index in [0.29, 0.717) is 0 Å². The maximum atomic E-state index is 13.7. The first-order chi connectivity index (χ1) is 8.46. The molecule has 92 valence electrons. The topological polar surface area (TPSA) is 17.1 Å². The normalized spacial score (nSPS) is 16.2. The van der Waals surface area contributed by atoms with E-state index in [4.69, 9.17) is 0 Å². The van der Waals surface area contributed by atoms with Gasteiger partial charge in [0.2, 0.25) is 0 Å². The minimum Gasteiger partial charge on any atom is -0.313 e. The first-order valence-electron chi connectivity index (χ1n) is 6.26. The Morgan fingerprint density at radius 3 is 1.56 bits per heavy atom. The average molecular weight is 256 g/mol. The van der Waals surface area contributed by atoms with E-state index in [-0.39, 0.29) is 5.16 Å². The summed E-state index contributed by atoms with van der Waals surface area (Å²) in [6.07, 6.45) is 0. The van der Waals surface area contributed by atoms with Crippen molar-refractivity contribution in [2.24, 2.45) is 0 Å². The Hall–Kier alpha value is -1.33. The van der Waals surface area contributed by atoms with E-state index in [2.05, 4.69) is 32.9 Å². The van der Waals surface area contributed by atoms with Gasteiger partial charge >= 0.3 is 0 Å². The minimum absolute atomic E-state index is 0.240. The molecule has 0 saturated carbocycles. The fourth-order valence-corrected chi connectivity index (χ4v) is 6.17. The molecule has 1 heterocycles. The van der Waals surface area contributed by atoms with Crippen molar-refractivity contribution in [3.63, 3.8) is 0 Å². The lowest BCUT2D eigenvalue weighted by molar-refractivity contribution is 0.564. The summed E-state index contributed by atoms with van der Waals surface area (Å²) in [5.41, 5.74) is 2.29. The average Bonchev–Trinajstić information content (AvgIpc) is 2.62. The summed E-state index contributed by atoms with van der Waals surface area (Å²) in [5, 5.41) is 1.81. The van der Waals surface area contributed by atoms with E-state index in [1.165, 1.54) is 0 Å². The van der Waals surface area contributed by atoms with Crippen LogP contribution in [-0.4, -0.2) is 5.16 Å². The van der Waals surface area contributed by atoms with Crippen molar-refractivity contribution in [2.45, 2.75) is 25.9 Å². The quantitative estimate of drug-likeness (QED) is 0.656. The van der Waals surface area contributed by atoms with E-state index >= 15 is 0 Å². The third kappa shape index (κ3) is 1.31. The van der Waals surface area contributed by atoms with E-state index in [9.17, 15) is 4.57 Å². The first-order valence-corrected chi connectivity index (χ1v) is 7.96. The molecule has 3 rings (SSSR count). The predicted molar refractivity (Wildman–Crippen MR) is 78.5 cm³/mol. The Morgan fingerprint density at radius 2 is 1.17 bits per heavy atom. The lowest BCUT2D eigenvalue weighted by Gasteiger charge is -2.29. The molecule has 1 nitrogen and oxygen atoms in total. The van der Waals surface area contributed by atoms with Crippen LogP contribution < -0.4 is 10.6 Å². The van der Waals surface area contributed by atoms with Crippen molar-refractivity contribution < 1.29 is 4.57 Å². The second-order valence-electron chi connectivity index (χ2n) is 5.81. The molecule has 0 atom stereocenters. The monoisotopic (exact) mass is 256 g/mol. The standard InChI is InChI=1S/C16H17OP/c1-16(2,3)18(17)14-10-6-4-8-12(14)13-9-5-7-11-15(13)18/h4-11H,1-3H3. The van der Waals surface area contributed by atoms with Gasteiger partial charge in [0.1, 0.15) is 7.14 Å². The van der Waals surface area contributed by atoms with Crippen molar-refractivity contribution in [3.05, 3.63) is 48.5 Å². The lowest BCUT2D eigenvalue weighted by atomic mass is 10.1. The van der Waals surface area contributed by atoms with Crippen LogP contribution in [0.25, 0.3) is 11.1 Å².